The fourth-order valence-corrected chi connectivity index (χ4v) is 2.32. The fraction of sp³-hybridized carbons (Fsp3) is 0.211. The van der Waals surface area contributed by atoms with Gasteiger partial charge in [-0.2, -0.15) is 0 Å². The van der Waals surface area contributed by atoms with Crippen molar-refractivity contribution >= 4 is 11.6 Å². The van der Waals surface area contributed by atoms with Gasteiger partial charge in [0.1, 0.15) is 0 Å². The Morgan fingerprint density at radius 2 is 1.92 bits per heavy atom. The van der Waals surface area contributed by atoms with Gasteiger partial charge in [0.15, 0.2) is 6.10 Å². The molecular formula is C19H20N4O2. The second-order valence-corrected chi connectivity index (χ2v) is 5.84. The summed E-state index contributed by atoms with van der Waals surface area (Å²) in [5.74, 6) is 0.194. The van der Waals surface area contributed by atoms with Crippen LogP contribution in [0.5, 0.6) is 5.88 Å². The maximum atomic E-state index is 12.4. The first-order valence-corrected chi connectivity index (χ1v) is 8.04. The third-order valence-corrected chi connectivity index (χ3v) is 3.83. The average Bonchev–Trinajstić information content (AvgIpc) is 2.98. The molecule has 6 heteroatoms. The van der Waals surface area contributed by atoms with Crippen molar-refractivity contribution < 1.29 is 9.53 Å². The molecule has 3 rings (SSSR count). The summed E-state index contributed by atoms with van der Waals surface area (Å²) in [5, 5.41) is 7.26. The molecule has 0 saturated carbocycles. The van der Waals surface area contributed by atoms with Crippen LogP contribution in [0.2, 0.25) is 0 Å². The number of ether oxygens (including phenoxy) is 1. The molecular weight excluding hydrogens is 316 g/mol. The van der Waals surface area contributed by atoms with E-state index in [-0.39, 0.29) is 5.91 Å². The molecule has 0 bridgehead atoms. The Hall–Kier alpha value is -3.15. The standard InChI is InChI=1S/C19H20N4O2/c1-13-9-10-20-11-17(13)21-18(24)15(3)25-19-14(2)12-23(22-19)16-7-5-4-6-8-16/h4-12,15H,1-3H3,(H,21,24)/t15-/m1/s1. The largest absolute Gasteiger partial charge is 0.463 e. The van der Waals surface area contributed by atoms with Crippen molar-refractivity contribution in [3.63, 3.8) is 0 Å². The lowest BCUT2D eigenvalue weighted by atomic mass is 10.2. The van der Waals surface area contributed by atoms with Crippen LogP contribution >= 0.6 is 0 Å². The molecule has 0 aliphatic heterocycles. The van der Waals surface area contributed by atoms with Crippen LogP contribution in [-0.4, -0.2) is 26.8 Å². The number of nitrogens with zero attached hydrogens (tertiary/aromatic N) is 3. The van der Waals surface area contributed by atoms with Crippen LogP contribution in [0.4, 0.5) is 5.69 Å². The molecule has 6 nitrogen and oxygen atoms in total. The van der Waals surface area contributed by atoms with Gasteiger partial charge in [0, 0.05) is 18.0 Å². The zero-order valence-corrected chi connectivity index (χ0v) is 14.4. The SMILES string of the molecule is Cc1ccncc1NC(=O)[C@@H](C)Oc1nn(-c2ccccc2)cc1C. The van der Waals surface area contributed by atoms with E-state index in [0.29, 0.717) is 11.6 Å². The highest BCUT2D eigenvalue weighted by molar-refractivity contribution is 5.94. The first-order chi connectivity index (χ1) is 12.0. The lowest BCUT2D eigenvalue weighted by molar-refractivity contribution is -0.122. The molecule has 0 spiro atoms. The third kappa shape index (κ3) is 3.85. The highest BCUT2D eigenvalue weighted by Gasteiger charge is 2.18. The van der Waals surface area contributed by atoms with Gasteiger partial charge >= 0.3 is 0 Å². The van der Waals surface area contributed by atoms with Crippen molar-refractivity contribution in [3.8, 4) is 11.6 Å². The minimum atomic E-state index is -0.683. The normalized spacial score (nSPS) is 11.8. The van der Waals surface area contributed by atoms with Gasteiger partial charge in [-0.05, 0) is 44.5 Å². The number of carbonyl (C=O) groups excluding carboxylic acids is 1. The van der Waals surface area contributed by atoms with Gasteiger partial charge in [-0.1, -0.05) is 18.2 Å². The summed E-state index contributed by atoms with van der Waals surface area (Å²) in [6.45, 7) is 5.51. The molecule has 0 fully saturated rings. The Balaban J connectivity index is 1.71. The molecule has 1 N–H and O–H groups in total. The number of amides is 1. The van der Waals surface area contributed by atoms with Crippen molar-refractivity contribution in [2.75, 3.05) is 5.32 Å². The van der Waals surface area contributed by atoms with Crippen LogP contribution in [0.25, 0.3) is 5.69 Å². The monoisotopic (exact) mass is 336 g/mol. The van der Waals surface area contributed by atoms with E-state index in [4.69, 9.17) is 4.74 Å². The number of carbonyl (C=O) groups is 1. The van der Waals surface area contributed by atoms with Crippen molar-refractivity contribution in [2.24, 2.45) is 0 Å². The average molecular weight is 336 g/mol. The maximum absolute atomic E-state index is 12.4. The van der Waals surface area contributed by atoms with E-state index < -0.39 is 6.10 Å². The molecule has 0 saturated heterocycles. The van der Waals surface area contributed by atoms with E-state index in [1.54, 1.807) is 24.0 Å². The van der Waals surface area contributed by atoms with E-state index >= 15 is 0 Å². The van der Waals surface area contributed by atoms with Crippen molar-refractivity contribution in [2.45, 2.75) is 26.9 Å². The fourth-order valence-electron chi connectivity index (χ4n) is 2.32. The number of hydrogen-bond donors (Lipinski definition) is 1. The number of rotatable bonds is 5. The summed E-state index contributed by atoms with van der Waals surface area (Å²) in [6.07, 6.45) is 4.50. The molecule has 128 valence electrons. The summed E-state index contributed by atoms with van der Waals surface area (Å²) in [7, 11) is 0. The van der Waals surface area contributed by atoms with Crippen LogP contribution in [0.1, 0.15) is 18.1 Å². The summed E-state index contributed by atoms with van der Waals surface area (Å²) in [4.78, 5) is 16.4. The lowest BCUT2D eigenvalue weighted by Gasteiger charge is -2.14. The predicted molar refractivity (Wildman–Crippen MR) is 96.0 cm³/mol. The van der Waals surface area contributed by atoms with E-state index in [1.165, 1.54) is 0 Å². The van der Waals surface area contributed by atoms with Crippen LogP contribution < -0.4 is 10.1 Å². The molecule has 1 atom stereocenters. The highest BCUT2D eigenvalue weighted by Crippen LogP contribution is 2.20. The van der Waals surface area contributed by atoms with E-state index in [9.17, 15) is 4.79 Å². The first kappa shape index (κ1) is 16.7. The van der Waals surface area contributed by atoms with Gasteiger partial charge in [0.25, 0.3) is 5.91 Å². The minimum absolute atomic E-state index is 0.246. The van der Waals surface area contributed by atoms with Gasteiger partial charge in [-0.3, -0.25) is 9.78 Å². The molecule has 2 aromatic heterocycles. The highest BCUT2D eigenvalue weighted by atomic mass is 16.5. The molecule has 3 aromatic rings. The van der Waals surface area contributed by atoms with Gasteiger partial charge < -0.3 is 10.1 Å². The van der Waals surface area contributed by atoms with E-state index in [1.807, 2.05) is 56.4 Å². The molecule has 25 heavy (non-hydrogen) atoms. The number of para-hydroxylation sites is 1. The zero-order chi connectivity index (χ0) is 17.8. The van der Waals surface area contributed by atoms with Crippen LogP contribution in [0, 0.1) is 13.8 Å². The Kier molecular flexibility index (Phi) is 4.79. The number of hydrogen-bond acceptors (Lipinski definition) is 4. The van der Waals surface area contributed by atoms with E-state index in [2.05, 4.69) is 15.4 Å². The second-order valence-electron chi connectivity index (χ2n) is 5.84. The van der Waals surface area contributed by atoms with Crippen LogP contribution in [-0.2, 0) is 4.79 Å². The second kappa shape index (κ2) is 7.17. The number of pyridine rings is 1. The van der Waals surface area contributed by atoms with Crippen molar-refractivity contribution in [1.82, 2.24) is 14.8 Å². The number of nitrogens with one attached hydrogen (secondary N) is 1. The summed E-state index contributed by atoms with van der Waals surface area (Å²) in [6, 6.07) is 11.6. The smallest absolute Gasteiger partial charge is 0.265 e. The summed E-state index contributed by atoms with van der Waals surface area (Å²) in [5.41, 5.74) is 3.42. The number of anilines is 1. The molecule has 1 aromatic carbocycles. The van der Waals surface area contributed by atoms with Gasteiger partial charge in [0.05, 0.1) is 17.6 Å². The molecule has 0 aliphatic rings. The summed E-state index contributed by atoms with van der Waals surface area (Å²) >= 11 is 0. The number of aromatic nitrogens is 3. The van der Waals surface area contributed by atoms with Gasteiger partial charge in [-0.25, -0.2) is 4.68 Å². The Labute approximate surface area is 146 Å². The Morgan fingerprint density at radius 3 is 2.64 bits per heavy atom. The minimum Gasteiger partial charge on any atom is -0.463 e. The Bertz CT molecular complexity index is 874. The number of benzene rings is 1. The third-order valence-electron chi connectivity index (χ3n) is 3.83. The molecule has 0 unspecified atom stereocenters. The van der Waals surface area contributed by atoms with Gasteiger partial charge in [0.2, 0.25) is 5.88 Å². The van der Waals surface area contributed by atoms with Crippen LogP contribution in [0.3, 0.4) is 0 Å². The zero-order valence-electron chi connectivity index (χ0n) is 14.4. The topological polar surface area (TPSA) is 69.0 Å². The molecule has 1 amide bonds. The Morgan fingerprint density at radius 1 is 1.16 bits per heavy atom. The summed E-state index contributed by atoms with van der Waals surface area (Å²) < 4.78 is 7.49. The molecule has 0 aliphatic carbocycles. The van der Waals surface area contributed by atoms with Gasteiger partial charge in [-0.15, -0.1) is 5.10 Å². The van der Waals surface area contributed by atoms with E-state index in [0.717, 1.165) is 16.8 Å². The quantitative estimate of drug-likeness (QED) is 0.776. The first-order valence-electron chi connectivity index (χ1n) is 8.04. The number of aryl methyl sites for hydroxylation is 2. The lowest BCUT2D eigenvalue weighted by Crippen LogP contribution is -2.30. The van der Waals surface area contributed by atoms with Crippen molar-refractivity contribution in [1.29, 1.82) is 0 Å². The molecule has 2 heterocycles. The predicted octanol–water partition coefficient (Wildman–Crippen LogP) is 3.29. The van der Waals surface area contributed by atoms with Crippen molar-refractivity contribution in [3.05, 3.63) is 66.1 Å². The van der Waals surface area contributed by atoms with Crippen LogP contribution in [0.15, 0.2) is 55.0 Å². The molecule has 0 radical (unpaired) electrons. The maximum Gasteiger partial charge on any atom is 0.265 e.